The van der Waals surface area contributed by atoms with Gasteiger partial charge in [-0.1, -0.05) is 28.0 Å². The second-order valence-corrected chi connectivity index (χ2v) is 6.93. The molecule has 1 aromatic carbocycles. The molecule has 1 fully saturated rings. The van der Waals surface area contributed by atoms with Crippen LogP contribution in [0.15, 0.2) is 32.3 Å². The summed E-state index contributed by atoms with van der Waals surface area (Å²) in [4.78, 5) is 12.5. The molecule has 1 aliphatic rings. The van der Waals surface area contributed by atoms with Gasteiger partial charge in [-0.25, -0.2) is 0 Å². The number of carbonyl (C=O) groups is 1. The van der Waals surface area contributed by atoms with E-state index in [2.05, 4.69) is 42.3 Å². The van der Waals surface area contributed by atoms with Crippen molar-refractivity contribution in [2.45, 2.75) is 19.8 Å². The Balaban J connectivity index is 2.24. The second-order valence-electron chi connectivity index (χ2n) is 5.16. The van der Waals surface area contributed by atoms with E-state index in [4.69, 9.17) is 10.9 Å². The second kappa shape index (κ2) is 5.73. The van der Waals surface area contributed by atoms with Crippen LogP contribution in [0.2, 0.25) is 0 Å². The van der Waals surface area contributed by atoms with Gasteiger partial charge in [0.1, 0.15) is 5.41 Å². The van der Waals surface area contributed by atoms with E-state index in [9.17, 15) is 4.79 Å². The predicted octanol–water partition coefficient (Wildman–Crippen LogP) is 3.31. The van der Waals surface area contributed by atoms with Gasteiger partial charge in [0.05, 0.1) is 5.69 Å². The summed E-state index contributed by atoms with van der Waals surface area (Å²) in [6, 6.07) is 5.49. The molecule has 1 saturated carbocycles. The summed E-state index contributed by atoms with van der Waals surface area (Å²) < 4.78 is 1.63. The molecule has 0 bridgehead atoms. The topological polar surface area (TPSA) is 87.7 Å². The Labute approximate surface area is 133 Å². The molecular formula is C13H15Br2N3O2. The summed E-state index contributed by atoms with van der Waals surface area (Å²) >= 11 is 6.74. The van der Waals surface area contributed by atoms with E-state index in [1.807, 2.05) is 19.1 Å². The molecule has 4 N–H and O–H groups in total. The molecule has 0 saturated heterocycles. The van der Waals surface area contributed by atoms with Gasteiger partial charge >= 0.3 is 0 Å². The number of carbonyl (C=O) groups excluding carboxylic acids is 1. The average molecular weight is 405 g/mol. The zero-order chi connectivity index (χ0) is 14.9. The minimum absolute atomic E-state index is 0.0285. The number of nitrogens with one attached hydrogen (secondary N) is 1. The molecule has 0 unspecified atom stereocenters. The Morgan fingerprint density at radius 2 is 2.15 bits per heavy atom. The van der Waals surface area contributed by atoms with E-state index in [0.717, 1.165) is 8.95 Å². The third-order valence-electron chi connectivity index (χ3n) is 3.60. The van der Waals surface area contributed by atoms with Crippen molar-refractivity contribution in [1.29, 1.82) is 0 Å². The maximum Gasteiger partial charge on any atom is 0.238 e. The first-order chi connectivity index (χ1) is 9.39. The van der Waals surface area contributed by atoms with E-state index in [-0.39, 0.29) is 11.7 Å². The van der Waals surface area contributed by atoms with Crippen molar-refractivity contribution in [3.63, 3.8) is 0 Å². The van der Waals surface area contributed by atoms with Crippen LogP contribution in [0.5, 0.6) is 0 Å². The molecule has 20 heavy (non-hydrogen) atoms. The molecule has 0 heterocycles. The molecule has 0 atom stereocenters. The molecule has 1 amide bonds. The van der Waals surface area contributed by atoms with Crippen LogP contribution in [0.1, 0.15) is 19.8 Å². The standard InChI is InChI=1S/C13H15Br2N3O2/c1-7-5-13(6-7,11(16)18-20)12(19)17-10-4-8(14)2-3-9(10)15/h2-4,7,20H,5-6H2,1H3,(H2,16,18)(H,17,19). The number of anilines is 1. The Bertz CT molecular complexity index is 569. The lowest BCUT2D eigenvalue weighted by Gasteiger charge is -2.43. The molecule has 0 radical (unpaired) electrons. The van der Waals surface area contributed by atoms with Crippen molar-refractivity contribution in [2.75, 3.05) is 5.32 Å². The van der Waals surface area contributed by atoms with Crippen molar-refractivity contribution in [3.8, 4) is 0 Å². The fourth-order valence-electron chi connectivity index (χ4n) is 2.57. The van der Waals surface area contributed by atoms with E-state index in [1.54, 1.807) is 6.07 Å². The average Bonchev–Trinajstić information content (AvgIpc) is 2.38. The van der Waals surface area contributed by atoms with Crippen molar-refractivity contribution in [3.05, 3.63) is 27.1 Å². The van der Waals surface area contributed by atoms with Gasteiger partial charge < -0.3 is 16.3 Å². The van der Waals surface area contributed by atoms with Crippen LogP contribution in [-0.4, -0.2) is 17.0 Å². The van der Waals surface area contributed by atoms with Crippen molar-refractivity contribution in [1.82, 2.24) is 0 Å². The number of amides is 1. The molecule has 0 spiro atoms. The number of hydrogen-bond donors (Lipinski definition) is 3. The van der Waals surface area contributed by atoms with E-state index < -0.39 is 5.41 Å². The summed E-state index contributed by atoms with van der Waals surface area (Å²) in [5.41, 5.74) is 5.46. The van der Waals surface area contributed by atoms with Crippen LogP contribution in [-0.2, 0) is 4.79 Å². The monoisotopic (exact) mass is 403 g/mol. The van der Waals surface area contributed by atoms with Gasteiger partial charge in [0.2, 0.25) is 5.91 Å². The van der Waals surface area contributed by atoms with Gasteiger partial charge in [-0.3, -0.25) is 4.79 Å². The minimum Gasteiger partial charge on any atom is -0.409 e. The van der Waals surface area contributed by atoms with Crippen LogP contribution >= 0.6 is 31.9 Å². The maximum atomic E-state index is 12.5. The highest BCUT2D eigenvalue weighted by Gasteiger charge is 2.52. The number of halogens is 2. The number of amidine groups is 1. The molecular weight excluding hydrogens is 390 g/mol. The van der Waals surface area contributed by atoms with Crippen LogP contribution in [0, 0.1) is 11.3 Å². The Kier molecular flexibility index (Phi) is 4.39. The highest BCUT2D eigenvalue weighted by molar-refractivity contribution is 9.11. The maximum absolute atomic E-state index is 12.5. The first-order valence-electron chi connectivity index (χ1n) is 6.13. The summed E-state index contributed by atoms with van der Waals surface area (Å²) in [7, 11) is 0. The van der Waals surface area contributed by atoms with E-state index >= 15 is 0 Å². The normalized spacial score (nSPS) is 25.9. The van der Waals surface area contributed by atoms with Crippen LogP contribution in [0.3, 0.4) is 0 Å². The van der Waals surface area contributed by atoms with E-state index in [1.165, 1.54) is 0 Å². The SMILES string of the molecule is CC1CC(C(=O)Nc2cc(Br)ccc2Br)(/C(N)=N/O)C1. The fourth-order valence-corrected chi connectivity index (χ4v) is 3.28. The first-order valence-corrected chi connectivity index (χ1v) is 7.72. The third kappa shape index (κ3) is 2.69. The molecule has 5 nitrogen and oxygen atoms in total. The van der Waals surface area contributed by atoms with Crippen molar-refractivity contribution >= 4 is 49.3 Å². The highest BCUT2D eigenvalue weighted by atomic mass is 79.9. The van der Waals surface area contributed by atoms with Gasteiger partial charge in [-0.15, -0.1) is 0 Å². The Morgan fingerprint density at radius 1 is 1.50 bits per heavy atom. The minimum atomic E-state index is -0.907. The van der Waals surface area contributed by atoms with Crippen LogP contribution in [0.4, 0.5) is 5.69 Å². The van der Waals surface area contributed by atoms with Crippen molar-refractivity contribution < 1.29 is 10.0 Å². The number of oxime groups is 1. The number of nitrogens with two attached hydrogens (primary N) is 1. The lowest BCUT2D eigenvalue weighted by Crippen LogP contribution is -2.54. The highest BCUT2D eigenvalue weighted by Crippen LogP contribution is 2.46. The number of hydrogen-bond acceptors (Lipinski definition) is 3. The lowest BCUT2D eigenvalue weighted by atomic mass is 9.61. The molecule has 7 heteroatoms. The largest absolute Gasteiger partial charge is 0.409 e. The van der Waals surface area contributed by atoms with Gasteiger partial charge in [0.25, 0.3) is 0 Å². The van der Waals surface area contributed by atoms with Gasteiger partial charge in [-0.05, 0) is 52.9 Å². The van der Waals surface area contributed by atoms with Crippen molar-refractivity contribution in [2.24, 2.45) is 22.2 Å². The van der Waals surface area contributed by atoms with Crippen LogP contribution < -0.4 is 11.1 Å². The number of rotatable bonds is 3. The molecule has 0 aromatic heterocycles. The number of benzene rings is 1. The van der Waals surface area contributed by atoms with Crippen LogP contribution in [0.25, 0.3) is 0 Å². The zero-order valence-electron chi connectivity index (χ0n) is 10.9. The first kappa shape index (κ1) is 15.3. The summed E-state index contributed by atoms with van der Waals surface area (Å²) in [5, 5.41) is 14.8. The number of nitrogens with zero attached hydrogens (tertiary/aromatic N) is 1. The fraction of sp³-hybridized carbons (Fsp3) is 0.385. The summed E-state index contributed by atoms with van der Waals surface area (Å²) in [5.74, 6) is 0.107. The molecule has 1 aromatic rings. The van der Waals surface area contributed by atoms with E-state index in [0.29, 0.717) is 24.4 Å². The zero-order valence-corrected chi connectivity index (χ0v) is 14.0. The predicted molar refractivity (Wildman–Crippen MR) is 84.7 cm³/mol. The molecule has 1 aliphatic carbocycles. The molecule has 0 aliphatic heterocycles. The Hall–Kier alpha value is -1.08. The molecule has 2 rings (SSSR count). The van der Waals surface area contributed by atoms with Gasteiger partial charge in [0, 0.05) is 8.95 Å². The smallest absolute Gasteiger partial charge is 0.238 e. The summed E-state index contributed by atoms with van der Waals surface area (Å²) in [6.45, 7) is 2.03. The quantitative estimate of drug-likeness (QED) is 0.312. The summed E-state index contributed by atoms with van der Waals surface area (Å²) in [6.07, 6.45) is 1.17. The molecule has 108 valence electrons. The Morgan fingerprint density at radius 3 is 2.70 bits per heavy atom. The lowest BCUT2D eigenvalue weighted by molar-refractivity contribution is -0.127. The van der Waals surface area contributed by atoms with Gasteiger partial charge in [0.15, 0.2) is 5.84 Å². The third-order valence-corrected chi connectivity index (χ3v) is 4.79. The van der Waals surface area contributed by atoms with Gasteiger partial charge in [-0.2, -0.15) is 0 Å².